The van der Waals surface area contributed by atoms with Crippen molar-refractivity contribution in [2.45, 2.75) is 13.8 Å². The van der Waals surface area contributed by atoms with E-state index < -0.39 is 0 Å². The summed E-state index contributed by atoms with van der Waals surface area (Å²) in [6.07, 6.45) is 3.48. The molecule has 0 aliphatic carbocycles. The van der Waals surface area contributed by atoms with E-state index in [-0.39, 0.29) is 0 Å². The maximum absolute atomic E-state index is 5.27. The van der Waals surface area contributed by atoms with Gasteiger partial charge >= 0.3 is 0 Å². The predicted molar refractivity (Wildman–Crippen MR) is 104 cm³/mol. The van der Waals surface area contributed by atoms with E-state index in [0.717, 1.165) is 18.7 Å². The van der Waals surface area contributed by atoms with Gasteiger partial charge in [-0.3, -0.25) is 4.98 Å². The van der Waals surface area contributed by atoms with Gasteiger partial charge in [-0.1, -0.05) is 18.2 Å². The van der Waals surface area contributed by atoms with Crippen LogP contribution in [-0.2, 0) is 0 Å². The van der Waals surface area contributed by atoms with Crippen molar-refractivity contribution in [2.24, 2.45) is 5.10 Å². The third-order valence-corrected chi connectivity index (χ3v) is 4.15. The summed E-state index contributed by atoms with van der Waals surface area (Å²) in [5.41, 5.74) is 2.91. The number of aromatic nitrogens is 4. The topological polar surface area (TPSA) is 62.1 Å². The lowest BCUT2D eigenvalue weighted by molar-refractivity contribution is 0.865. The summed E-state index contributed by atoms with van der Waals surface area (Å²) in [5, 5.41) is 11.5. The number of hydrogen-bond acceptors (Lipinski definition) is 5. The number of pyridine rings is 1. The Morgan fingerprint density at radius 1 is 1.16 bits per heavy atom. The van der Waals surface area contributed by atoms with E-state index in [9.17, 15) is 0 Å². The number of rotatable bonds is 6. The molecule has 2 aromatic heterocycles. The van der Waals surface area contributed by atoms with Crippen molar-refractivity contribution in [3.05, 3.63) is 59.0 Å². The van der Waals surface area contributed by atoms with E-state index in [1.807, 2.05) is 30.3 Å². The molecule has 0 bridgehead atoms. The summed E-state index contributed by atoms with van der Waals surface area (Å²) in [7, 11) is 0. The maximum Gasteiger partial charge on any atom is 0.216 e. The zero-order chi connectivity index (χ0) is 17.6. The summed E-state index contributed by atoms with van der Waals surface area (Å²) >= 11 is 5.27. The standard InChI is InChI=1S/C18H20N6S/c1-3-23(4-2)15-10-8-14(9-11-15)13-20-24-17(21-22-18(24)25)16-7-5-6-12-19-16/h5-13H,3-4H2,1-2H3,(H,22,25)/b20-13-. The van der Waals surface area contributed by atoms with Crippen molar-refractivity contribution in [3.8, 4) is 11.5 Å². The van der Waals surface area contributed by atoms with Crippen molar-refractivity contribution in [1.29, 1.82) is 0 Å². The molecule has 0 saturated heterocycles. The molecule has 0 radical (unpaired) electrons. The first-order chi connectivity index (χ1) is 12.2. The SMILES string of the molecule is CCN(CC)c1ccc(/C=N\n2c(-c3ccccn3)n[nH]c2=S)cc1. The van der Waals surface area contributed by atoms with Crippen LogP contribution in [0.5, 0.6) is 0 Å². The molecule has 3 rings (SSSR count). The number of anilines is 1. The molecule has 25 heavy (non-hydrogen) atoms. The van der Waals surface area contributed by atoms with Gasteiger partial charge in [-0.2, -0.15) is 14.9 Å². The third kappa shape index (κ3) is 3.83. The average molecular weight is 352 g/mol. The van der Waals surface area contributed by atoms with Gasteiger partial charge in [-0.05, 0) is 55.9 Å². The van der Waals surface area contributed by atoms with Crippen molar-refractivity contribution in [2.75, 3.05) is 18.0 Å². The normalized spacial score (nSPS) is 11.1. The molecule has 0 fully saturated rings. The number of benzene rings is 1. The van der Waals surface area contributed by atoms with Crippen LogP contribution in [0.3, 0.4) is 0 Å². The lowest BCUT2D eigenvalue weighted by Crippen LogP contribution is -2.21. The van der Waals surface area contributed by atoms with Crippen molar-refractivity contribution in [1.82, 2.24) is 19.9 Å². The number of nitrogens with zero attached hydrogens (tertiary/aromatic N) is 5. The summed E-state index contributed by atoms with van der Waals surface area (Å²) in [6.45, 7) is 6.28. The van der Waals surface area contributed by atoms with Gasteiger partial charge in [0, 0.05) is 25.0 Å². The second kappa shape index (κ2) is 7.85. The molecule has 6 nitrogen and oxygen atoms in total. The van der Waals surface area contributed by atoms with Gasteiger partial charge in [0.25, 0.3) is 0 Å². The highest BCUT2D eigenvalue weighted by molar-refractivity contribution is 7.71. The molecule has 0 saturated carbocycles. The van der Waals surface area contributed by atoms with Crippen LogP contribution in [0.25, 0.3) is 11.5 Å². The molecular formula is C18H20N6S. The average Bonchev–Trinajstić information content (AvgIpc) is 3.03. The molecule has 2 heterocycles. The number of nitrogens with one attached hydrogen (secondary N) is 1. The Kier molecular flexibility index (Phi) is 5.35. The molecule has 7 heteroatoms. The molecular weight excluding hydrogens is 332 g/mol. The van der Waals surface area contributed by atoms with Crippen LogP contribution in [0.2, 0.25) is 0 Å². The Hall–Kier alpha value is -2.80. The lowest BCUT2D eigenvalue weighted by atomic mass is 10.2. The van der Waals surface area contributed by atoms with Crippen molar-refractivity contribution >= 4 is 24.1 Å². The second-order valence-electron chi connectivity index (χ2n) is 5.39. The van der Waals surface area contributed by atoms with Crippen molar-refractivity contribution in [3.63, 3.8) is 0 Å². The van der Waals surface area contributed by atoms with E-state index in [2.05, 4.69) is 51.2 Å². The fourth-order valence-electron chi connectivity index (χ4n) is 2.54. The minimum Gasteiger partial charge on any atom is -0.372 e. The van der Waals surface area contributed by atoms with E-state index in [1.165, 1.54) is 5.69 Å². The highest BCUT2D eigenvalue weighted by atomic mass is 32.1. The molecule has 1 aromatic carbocycles. The first-order valence-electron chi connectivity index (χ1n) is 8.21. The van der Waals surface area contributed by atoms with Crippen molar-refractivity contribution < 1.29 is 0 Å². The maximum atomic E-state index is 5.27. The van der Waals surface area contributed by atoms with E-state index in [4.69, 9.17) is 12.2 Å². The number of hydrogen-bond donors (Lipinski definition) is 1. The van der Waals surface area contributed by atoms with Crippen LogP contribution in [0.15, 0.2) is 53.8 Å². The van der Waals surface area contributed by atoms with Crippen LogP contribution < -0.4 is 4.90 Å². The van der Waals surface area contributed by atoms with Crippen LogP contribution in [0.4, 0.5) is 5.69 Å². The van der Waals surface area contributed by atoms with Crippen LogP contribution in [-0.4, -0.2) is 39.2 Å². The third-order valence-electron chi connectivity index (χ3n) is 3.89. The zero-order valence-corrected chi connectivity index (χ0v) is 15.1. The van der Waals surface area contributed by atoms with Gasteiger partial charge in [0.05, 0.1) is 6.21 Å². The first kappa shape index (κ1) is 17.0. The minimum absolute atomic E-state index is 0.427. The van der Waals surface area contributed by atoms with Gasteiger partial charge in [-0.25, -0.2) is 5.10 Å². The molecule has 0 amide bonds. The van der Waals surface area contributed by atoms with Crippen LogP contribution in [0, 0.1) is 4.77 Å². The second-order valence-corrected chi connectivity index (χ2v) is 5.77. The van der Waals surface area contributed by atoms with Crippen LogP contribution in [0.1, 0.15) is 19.4 Å². The number of aromatic amines is 1. The Labute approximate surface area is 151 Å². The summed E-state index contributed by atoms with van der Waals surface area (Å²) in [4.78, 5) is 6.60. The lowest BCUT2D eigenvalue weighted by Gasteiger charge is -2.20. The largest absolute Gasteiger partial charge is 0.372 e. The van der Waals surface area contributed by atoms with Gasteiger partial charge in [0.1, 0.15) is 5.69 Å². The summed E-state index contributed by atoms with van der Waals surface area (Å²) < 4.78 is 2.01. The van der Waals surface area contributed by atoms with E-state index >= 15 is 0 Å². The van der Waals surface area contributed by atoms with Gasteiger partial charge < -0.3 is 4.90 Å². The fourth-order valence-corrected chi connectivity index (χ4v) is 2.72. The molecule has 0 unspecified atom stereocenters. The zero-order valence-electron chi connectivity index (χ0n) is 14.3. The molecule has 0 atom stereocenters. The molecule has 0 spiro atoms. The highest BCUT2D eigenvalue weighted by Crippen LogP contribution is 2.15. The number of H-pyrrole nitrogens is 1. The predicted octanol–water partition coefficient (Wildman–Crippen LogP) is 3.73. The monoisotopic (exact) mass is 352 g/mol. The van der Waals surface area contributed by atoms with Gasteiger partial charge in [0.15, 0.2) is 0 Å². The Bertz CT molecular complexity index is 891. The fraction of sp³-hybridized carbons (Fsp3) is 0.222. The molecule has 0 aliphatic heterocycles. The highest BCUT2D eigenvalue weighted by Gasteiger charge is 2.08. The Balaban J connectivity index is 1.86. The summed E-state index contributed by atoms with van der Waals surface area (Å²) in [5.74, 6) is 0.585. The first-order valence-corrected chi connectivity index (χ1v) is 8.62. The van der Waals surface area contributed by atoms with E-state index in [1.54, 1.807) is 17.1 Å². The molecule has 0 aliphatic rings. The van der Waals surface area contributed by atoms with Gasteiger partial charge in [-0.15, -0.1) is 0 Å². The molecule has 1 N–H and O–H groups in total. The quantitative estimate of drug-likeness (QED) is 0.542. The van der Waals surface area contributed by atoms with E-state index in [0.29, 0.717) is 16.3 Å². The minimum atomic E-state index is 0.427. The summed E-state index contributed by atoms with van der Waals surface area (Å²) in [6, 6.07) is 13.9. The Morgan fingerprint density at radius 2 is 1.92 bits per heavy atom. The van der Waals surface area contributed by atoms with Gasteiger partial charge in [0.2, 0.25) is 10.6 Å². The molecule has 128 valence electrons. The van der Waals surface area contributed by atoms with Crippen LogP contribution >= 0.6 is 12.2 Å². The Morgan fingerprint density at radius 3 is 2.56 bits per heavy atom. The smallest absolute Gasteiger partial charge is 0.216 e. The molecule has 3 aromatic rings.